The van der Waals surface area contributed by atoms with E-state index in [4.69, 9.17) is 9.15 Å². The third kappa shape index (κ3) is 5.21. The first kappa shape index (κ1) is 23.5. The Labute approximate surface area is 216 Å². The van der Waals surface area contributed by atoms with Crippen LogP contribution in [0.15, 0.2) is 98.8 Å². The number of aliphatic imine (C=N–C) groups is 1. The number of rotatable bonds is 6. The van der Waals surface area contributed by atoms with Crippen LogP contribution < -0.4 is 4.74 Å². The number of aromatic hydroxyl groups is 1. The monoisotopic (exact) mass is 540 g/mol. The Kier molecular flexibility index (Phi) is 6.64. The van der Waals surface area contributed by atoms with Crippen LogP contribution in [-0.2, 0) is 6.42 Å². The fourth-order valence-electron chi connectivity index (χ4n) is 3.64. The van der Waals surface area contributed by atoms with Crippen LogP contribution in [0.4, 0.5) is 5.69 Å². The van der Waals surface area contributed by atoms with Crippen LogP contribution in [0.1, 0.15) is 28.4 Å². The van der Waals surface area contributed by atoms with Crippen molar-refractivity contribution in [2.24, 2.45) is 4.99 Å². The van der Waals surface area contributed by atoms with E-state index < -0.39 is 5.97 Å². The summed E-state index contributed by atoms with van der Waals surface area (Å²) in [5.74, 6) is 0.406. The average molecular weight is 541 g/mol. The fraction of sp³-hybridized carbons (Fsp3) is 0.0690. The highest BCUT2D eigenvalue weighted by molar-refractivity contribution is 9.10. The summed E-state index contributed by atoms with van der Waals surface area (Å²) in [7, 11) is 0. The molecule has 0 amide bonds. The second-order valence-electron chi connectivity index (χ2n) is 8.10. The maximum absolute atomic E-state index is 12.3. The van der Waals surface area contributed by atoms with Crippen LogP contribution in [0, 0.1) is 0 Å². The molecular weight excluding hydrogens is 520 g/mol. The standard InChI is InChI=1S/C29H21BrN2O4/c1-2-18-8-13-27-25(14-18)32-28(36-27)24-16-22(9-12-26(24)33)31-17-19-6-10-23(11-7-19)35-29(34)20-4-3-5-21(30)15-20/h3-17,33H,2H2,1H3. The zero-order valence-electron chi connectivity index (χ0n) is 19.3. The Hall–Kier alpha value is -4.23. The molecule has 178 valence electrons. The highest BCUT2D eigenvalue weighted by Crippen LogP contribution is 2.34. The molecule has 0 unspecified atom stereocenters. The van der Waals surface area contributed by atoms with Crippen molar-refractivity contribution in [3.8, 4) is 23.0 Å². The minimum absolute atomic E-state index is 0.0628. The molecule has 7 heteroatoms. The summed E-state index contributed by atoms with van der Waals surface area (Å²) in [5.41, 5.74) is 4.95. The molecule has 0 fully saturated rings. The van der Waals surface area contributed by atoms with Crippen molar-refractivity contribution in [3.05, 3.63) is 106 Å². The lowest BCUT2D eigenvalue weighted by molar-refractivity contribution is 0.0734. The van der Waals surface area contributed by atoms with E-state index in [1.54, 1.807) is 66.9 Å². The van der Waals surface area contributed by atoms with Gasteiger partial charge in [0.15, 0.2) is 5.58 Å². The third-order valence-corrected chi connectivity index (χ3v) is 6.08. The Morgan fingerprint density at radius 1 is 1.06 bits per heavy atom. The molecule has 0 saturated carbocycles. The number of hydrogen-bond donors (Lipinski definition) is 1. The van der Waals surface area contributed by atoms with Crippen molar-refractivity contribution in [2.45, 2.75) is 13.3 Å². The van der Waals surface area contributed by atoms with Crippen molar-refractivity contribution in [3.63, 3.8) is 0 Å². The molecular formula is C29H21BrN2O4. The summed E-state index contributed by atoms with van der Waals surface area (Å²) in [6.45, 7) is 2.08. The summed E-state index contributed by atoms with van der Waals surface area (Å²) < 4.78 is 12.1. The zero-order chi connectivity index (χ0) is 25.1. The number of aromatic nitrogens is 1. The molecule has 1 N–H and O–H groups in total. The van der Waals surface area contributed by atoms with E-state index in [1.807, 2.05) is 24.3 Å². The number of halogens is 1. The van der Waals surface area contributed by atoms with Crippen molar-refractivity contribution in [2.75, 3.05) is 0 Å². The van der Waals surface area contributed by atoms with E-state index in [1.165, 1.54) is 5.56 Å². The van der Waals surface area contributed by atoms with Crippen LogP contribution in [0.25, 0.3) is 22.6 Å². The second kappa shape index (κ2) is 10.2. The lowest BCUT2D eigenvalue weighted by atomic mass is 10.1. The first-order valence-corrected chi connectivity index (χ1v) is 12.1. The molecule has 1 heterocycles. The lowest BCUT2D eigenvalue weighted by Crippen LogP contribution is -2.08. The van der Waals surface area contributed by atoms with Gasteiger partial charge in [0.25, 0.3) is 0 Å². The molecule has 1 aromatic heterocycles. The SMILES string of the molecule is CCc1ccc2oc(-c3cc(N=Cc4ccc(OC(=O)c5cccc(Br)c5)cc4)ccc3O)nc2c1. The fourth-order valence-corrected chi connectivity index (χ4v) is 4.04. The number of oxazole rings is 1. The molecule has 36 heavy (non-hydrogen) atoms. The van der Waals surface area contributed by atoms with E-state index in [-0.39, 0.29) is 5.75 Å². The van der Waals surface area contributed by atoms with Gasteiger partial charge >= 0.3 is 5.97 Å². The largest absolute Gasteiger partial charge is 0.507 e. The number of fused-ring (bicyclic) bond motifs is 1. The molecule has 6 nitrogen and oxygen atoms in total. The van der Waals surface area contributed by atoms with E-state index in [2.05, 4.69) is 32.8 Å². The molecule has 5 aromatic rings. The number of phenols is 1. The highest BCUT2D eigenvalue weighted by atomic mass is 79.9. The van der Waals surface area contributed by atoms with Crippen molar-refractivity contribution in [1.29, 1.82) is 0 Å². The molecule has 0 spiro atoms. The van der Waals surface area contributed by atoms with E-state index >= 15 is 0 Å². The second-order valence-corrected chi connectivity index (χ2v) is 9.02. The molecule has 0 radical (unpaired) electrons. The number of esters is 1. The van der Waals surface area contributed by atoms with Gasteiger partial charge < -0.3 is 14.3 Å². The summed E-state index contributed by atoms with van der Waals surface area (Å²) in [5, 5.41) is 10.4. The number of phenolic OH excluding ortho intramolecular Hbond substituents is 1. The predicted octanol–water partition coefficient (Wildman–Crippen LogP) is 7.50. The van der Waals surface area contributed by atoms with Crippen molar-refractivity contribution < 1.29 is 19.1 Å². The van der Waals surface area contributed by atoms with Crippen molar-refractivity contribution in [1.82, 2.24) is 4.98 Å². The van der Waals surface area contributed by atoms with Crippen LogP contribution in [0.5, 0.6) is 11.5 Å². The van der Waals surface area contributed by atoms with Gasteiger partial charge in [0.2, 0.25) is 5.89 Å². The molecule has 0 saturated heterocycles. The minimum atomic E-state index is -0.431. The van der Waals surface area contributed by atoms with Gasteiger partial charge in [0.1, 0.15) is 17.0 Å². The van der Waals surface area contributed by atoms with Gasteiger partial charge in [0.05, 0.1) is 16.8 Å². The molecule has 0 aliphatic carbocycles. The maximum atomic E-state index is 12.3. The first-order chi connectivity index (χ1) is 17.5. The minimum Gasteiger partial charge on any atom is -0.507 e. The highest BCUT2D eigenvalue weighted by Gasteiger charge is 2.13. The number of ether oxygens (including phenoxy) is 1. The van der Waals surface area contributed by atoms with E-state index in [9.17, 15) is 9.90 Å². The van der Waals surface area contributed by atoms with Gasteiger partial charge in [-0.15, -0.1) is 0 Å². The number of carbonyl (C=O) groups is 1. The van der Waals surface area contributed by atoms with E-state index in [0.717, 1.165) is 22.0 Å². The molecule has 4 aromatic carbocycles. The molecule has 0 atom stereocenters. The van der Waals surface area contributed by atoms with Crippen LogP contribution in [0.2, 0.25) is 0 Å². The quantitative estimate of drug-likeness (QED) is 0.137. The predicted molar refractivity (Wildman–Crippen MR) is 143 cm³/mol. The number of hydrogen-bond acceptors (Lipinski definition) is 6. The van der Waals surface area contributed by atoms with Crippen molar-refractivity contribution >= 4 is 44.9 Å². The lowest BCUT2D eigenvalue weighted by Gasteiger charge is -2.05. The maximum Gasteiger partial charge on any atom is 0.343 e. The van der Waals surface area contributed by atoms with Crippen LogP contribution in [0.3, 0.4) is 0 Å². The topological polar surface area (TPSA) is 84.9 Å². The summed E-state index contributed by atoms with van der Waals surface area (Å²) >= 11 is 3.35. The normalized spacial score (nSPS) is 11.3. The Morgan fingerprint density at radius 3 is 2.67 bits per heavy atom. The molecule has 0 aliphatic heterocycles. The number of nitrogens with zero attached hydrogens (tertiary/aromatic N) is 2. The molecule has 5 rings (SSSR count). The summed E-state index contributed by atoms with van der Waals surface area (Å²) in [6, 6.07) is 25.0. The third-order valence-electron chi connectivity index (χ3n) is 5.58. The van der Waals surface area contributed by atoms with E-state index in [0.29, 0.717) is 34.0 Å². The smallest absolute Gasteiger partial charge is 0.343 e. The summed E-state index contributed by atoms with van der Waals surface area (Å²) in [4.78, 5) is 21.4. The summed E-state index contributed by atoms with van der Waals surface area (Å²) in [6.07, 6.45) is 2.59. The number of benzene rings is 4. The Morgan fingerprint density at radius 2 is 1.89 bits per heavy atom. The average Bonchev–Trinajstić information content (AvgIpc) is 3.32. The van der Waals surface area contributed by atoms with Gasteiger partial charge in [-0.1, -0.05) is 35.0 Å². The van der Waals surface area contributed by atoms with Gasteiger partial charge in [-0.3, -0.25) is 4.99 Å². The molecule has 0 bridgehead atoms. The first-order valence-electron chi connectivity index (χ1n) is 11.3. The zero-order valence-corrected chi connectivity index (χ0v) is 20.9. The van der Waals surface area contributed by atoms with Gasteiger partial charge in [-0.05, 0) is 90.3 Å². The van der Waals surface area contributed by atoms with Gasteiger partial charge in [0, 0.05) is 10.7 Å². The number of carbonyl (C=O) groups excluding carboxylic acids is 1. The van der Waals surface area contributed by atoms with Crippen LogP contribution >= 0.6 is 15.9 Å². The van der Waals surface area contributed by atoms with Gasteiger partial charge in [-0.2, -0.15) is 0 Å². The Bertz CT molecular complexity index is 1590. The molecule has 0 aliphatic rings. The van der Waals surface area contributed by atoms with Crippen LogP contribution in [-0.4, -0.2) is 22.3 Å². The Balaban J connectivity index is 1.32. The number of aryl methyl sites for hydroxylation is 1. The van der Waals surface area contributed by atoms with Gasteiger partial charge in [-0.25, -0.2) is 9.78 Å².